The molecule has 0 fully saturated rings. The van der Waals surface area contributed by atoms with Crippen LogP contribution >= 0.6 is 24.0 Å². The molecule has 3 rings (SSSR count). The molecule has 0 radical (unpaired) electrons. The van der Waals surface area contributed by atoms with Gasteiger partial charge in [0.1, 0.15) is 5.75 Å². The molecule has 138 valence electrons. The zero-order valence-corrected chi connectivity index (χ0v) is 17.4. The van der Waals surface area contributed by atoms with Crippen molar-refractivity contribution >= 4 is 40.7 Å². The quantitative estimate of drug-likeness (QED) is 0.333. The molecule has 0 amide bonds. The van der Waals surface area contributed by atoms with Crippen molar-refractivity contribution in [1.82, 2.24) is 15.2 Å². The lowest BCUT2D eigenvalue weighted by molar-refractivity contribution is 0.415. The Bertz CT molecular complexity index is 846. The molecule has 1 heterocycles. The Morgan fingerprint density at radius 3 is 2.50 bits per heavy atom. The first-order valence-corrected chi connectivity index (χ1v) is 8.40. The average Bonchev–Trinajstić information content (AvgIpc) is 3.17. The number of nitrogens with zero attached hydrogens (tertiary/aromatic N) is 2. The first-order valence-electron chi connectivity index (χ1n) is 8.40. The molecule has 0 saturated carbocycles. The van der Waals surface area contributed by atoms with Crippen LogP contribution in [0.25, 0.3) is 10.8 Å². The highest BCUT2D eigenvalue weighted by Gasteiger charge is 2.01. The summed E-state index contributed by atoms with van der Waals surface area (Å²) in [4.78, 5) is 4.28. The fraction of sp³-hybridized carbons (Fsp3) is 0.250. The van der Waals surface area contributed by atoms with Gasteiger partial charge in [0.05, 0.1) is 7.11 Å². The minimum atomic E-state index is 0. The smallest absolute Gasteiger partial charge is 0.191 e. The standard InChI is InChI=1S/C20H24N4O.HI/c1-21-20(22-9-12-24-10-3-4-11-24)23-15-16-5-6-18-14-19(25-2)8-7-17(18)13-16;/h3-8,10-11,13-14H,9,12,15H2,1-2H3,(H2,21,22,23);1H. The molecule has 0 unspecified atom stereocenters. The number of rotatable bonds is 6. The fourth-order valence-corrected chi connectivity index (χ4v) is 2.74. The molecule has 0 saturated heterocycles. The highest BCUT2D eigenvalue weighted by atomic mass is 127. The molecular weight excluding hydrogens is 439 g/mol. The Hall–Kier alpha value is -2.22. The Morgan fingerprint density at radius 1 is 1.04 bits per heavy atom. The predicted molar refractivity (Wildman–Crippen MR) is 119 cm³/mol. The molecule has 0 atom stereocenters. The van der Waals surface area contributed by atoms with E-state index in [0.717, 1.165) is 31.3 Å². The summed E-state index contributed by atoms with van der Waals surface area (Å²) in [5, 5.41) is 9.07. The lowest BCUT2D eigenvalue weighted by Crippen LogP contribution is -2.38. The van der Waals surface area contributed by atoms with Crippen molar-refractivity contribution in [3.8, 4) is 5.75 Å². The third-order valence-electron chi connectivity index (χ3n) is 4.12. The second-order valence-corrected chi connectivity index (χ2v) is 5.82. The lowest BCUT2D eigenvalue weighted by atomic mass is 10.1. The van der Waals surface area contributed by atoms with E-state index in [4.69, 9.17) is 4.74 Å². The maximum atomic E-state index is 5.27. The van der Waals surface area contributed by atoms with Crippen molar-refractivity contribution in [2.24, 2.45) is 4.99 Å². The van der Waals surface area contributed by atoms with Gasteiger partial charge in [-0.15, -0.1) is 24.0 Å². The first kappa shape index (κ1) is 20.1. The largest absolute Gasteiger partial charge is 0.497 e. The number of guanidine groups is 1. The summed E-state index contributed by atoms with van der Waals surface area (Å²) in [5.41, 5.74) is 1.21. The predicted octanol–water partition coefficient (Wildman–Crippen LogP) is 3.63. The minimum absolute atomic E-state index is 0. The molecule has 6 heteroatoms. The Balaban J connectivity index is 0.00000243. The van der Waals surface area contributed by atoms with Crippen molar-refractivity contribution in [3.63, 3.8) is 0 Å². The van der Waals surface area contributed by atoms with E-state index in [0.29, 0.717) is 0 Å². The summed E-state index contributed by atoms with van der Waals surface area (Å²) in [5.74, 6) is 1.69. The van der Waals surface area contributed by atoms with Crippen LogP contribution in [-0.2, 0) is 13.1 Å². The molecule has 2 aromatic carbocycles. The summed E-state index contributed by atoms with van der Waals surface area (Å²) in [6.07, 6.45) is 4.11. The molecule has 3 aromatic rings. The van der Waals surface area contributed by atoms with Crippen molar-refractivity contribution in [2.45, 2.75) is 13.1 Å². The van der Waals surface area contributed by atoms with Crippen LogP contribution in [0.1, 0.15) is 5.56 Å². The van der Waals surface area contributed by atoms with E-state index < -0.39 is 0 Å². The van der Waals surface area contributed by atoms with Crippen LogP contribution in [0, 0.1) is 0 Å². The summed E-state index contributed by atoms with van der Waals surface area (Å²) in [6, 6.07) is 16.6. The van der Waals surface area contributed by atoms with Crippen LogP contribution < -0.4 is 15.4 Å². The summed E-state index contributed by atoms with van der Waals surface area (Å²) < 4.78 is 7.41. The van der Waals surface area contributed by atoms with E-state index in [9.17, 15) is 0 Å². The van der Waals surface area contributed by atoms with Crippen LogP contribution in [0.2, 0.25) is 0 Å². The number of methoxy groups -OCH3 is 1. The first-order chi connectivity index (χ1) is 12.3. The number of aromatic nitrogens is 1. The number of halogens is 1. The highest BCUT2D eigenvalue weighted by Crippen LogP contribution is 2.21. The zero-order chi connectivity index (χ0) is 17.5. The molecular formula is C20H25IN4O. The third-order valence-corrected chi connectivity index (χ3v) is 4.12. The number of hydrogen-bond acceptors (Lipinski definition) is 2. The van der Waals surface area contributed by atoms with Gasteiger partial charge in [0.2, 0.25) is 0 Å². The van der Waals surface area contributed by atoms with Gasteiger partial charge in [0.15, 0.2) is 5.96 Å². The van der Waals surface area contributed by atoms with Crippen LogP contribution in [0.15, 0.2) is 65.9 Å². The summed E-state index contributed by atoms with van der Waals surface area (Å²) in [7, 11) is 3.48. The van der Waals surface area contributed by atoms with Crippen molar-refractivity contribution in [3.05, 3.63) is 66.5 Å². The number of aliphatic imine (C=N–C) groups is 1. The molecule has 0 aliphatic carbocycles. The van der Waals surface area contributed by atoms with Gasteiger partial charge in [-0.2, -0.15) is 0 Å². The highest BCUT2D eigenvalue weighted by molar-refractivity contribution is 14.0. The molecule has 0 bridgehead atoms. The zero-order valence-electron chi connectivity index (χ0n) is 15.1. The minimum Gasteiger partial charge on any atom is -0.497 e. The van der Waals surface area contributed by atoms with Crippen molar-refractivity contribution in [2.75, 3.05) is 20.7 Å². The normalized spacial score (nSPS) is 11.1. The summed E-state index contributed by atoms with van der Waals surface area (Å²) in [6.45, 7) is 2.46. The molecule has 1 aromatic heterocycles. The molecule has 2 N–H and O–H groups in total. The van der Waals surface area contributed by atoms with Gasteiger partial charge in [0, 0.05) is 39.1 Å². The molecule has 26 heavy (non-hydrogen) atoms. The maximum Gasteiger partial charge on any atom is 0.191 e. The Morgan fingerprint density at radius 2 is 1.77 bits per heavy atom. The Labute approximate surface area is 171 Å². The molecule has 5 nitrogen and oxygen atoms in total. The van der Waals surface area contributed by atoms with E-state index in [1.807, 2.05) is 24.3 Å². The van der Waals surface area contributed by atoms with Crippen LogP contribution in [0.5, 0.6) is 5.75 Å². The lowest BCUT2D eigenvalue weighted by Gasteiger charge is -2.13. The van der Waals surface area contributed by atoms with E-state index in [1.54, 1.807) is 14.2 Å². The topological polar surface area (TPSA) is 50.6 Å². The van der Waals surface area contributed by atoms with E-state index >= 15 is 0 Å². The number of benzene rings is 2. The van der Waals surface area contributed by atoms with Crippen molar-refractivity contribution < 1.29 is 4.74 Å². The molecule has 0 spiro atoms. The van der Waals surface area contributed by atoms with Gasteiger partial charge in [0.25, 0.3) is 0 Å². The monoisotopic (exact) mass is 464 g/mol. The van der Waals surface area contributed by atoms with E-state index in [2.05, 4.69) is 56.9 Å². The van der Waals surface area contributed by atoms with E-state index in [-0.39, 0.29) is 24.0 Å². The maximum absolute atomic E-state index is 5.27. The van der Waals surface area contributed by atoms with E-state index in [1.165, 1.54) is 16.3 Å². The van der Waals surface area contributed by atoms with Gasteiger partial charge in [-0.1, -0.05) is 18.2 Å². The molecule has 0 aliphatic rings. The second kappa shape index (κ2) is 10.1. The number of nitrogens with one attached hydrogen (secondary N) is 2. The number of fused-ring (bicyclic) bond motifs is 1. The van der Waals surface area contributed by atoms with Gasteiger partial charge < -0.3 is 19.9 Å². The second-order valence-electron chi connectivity index (χ2n) is 5.82. The molecule has 0 aliphatic heterocycles. The average molecular weight is 464 g/mol. The van der Waals surface area contributed by atoms with Gasteiger partial charge in [-0.3, -0.25) is 4.99 Å². The summed E-state index contributed by atoms with van der Waals surface area (Å²) >= 11 is 0. The number of ether oxygens (including phenoxy) is 1. The SMILES string of the molecule is CN=C(NCCn1cccc1)NCc1ccc2cc(OC)ccc2c1.I. The van der Waals surface area contributed by atoms with Crippen molar-refractivity contribution in [1.29, 1.82) is 0 Å². The van der Waals surface area contributed by atoms with Crippen LogP contribution in [0.4, 0.5) is 0 Å². The van der Waals surface area contributed by atoms with Gasteiger partial charge >= 0.3 is 0 Å². The van der Waals surface area contributed by atoms with Gasteiger partial charge in [-0.25, -0.2) is 0 Å². The Kier molecular flexibility index (Phi) is 7.77. The van der Waals surface area contributed by atoms with Crippen LogP contribution in [-0.4, -0.2) is 31.2 Å². The van der Waals surface area contributed by atoms with Gasteiger partial charge in [-0.05, 0) is 46.7 Å². The number of hydrogen-bond donors (Lipinski definition) is 2. The third kappa shape index (κ3) is 5.39. The van der Waals surface area contributed by atoms with Crippen LogP contribution in [0.3, 0.4) is 0 Å². The fourth-order valence-electron chi connectivity index (χ4n) is 2.74.